The maximum atomic E-state index is 11.9. The van der Waals surface area contributed by atoms with Crippen molar-refractivity contribution < 1.29 is 9.53 Å². The lowest BCUT2D eigenvalue weighted by molar-refractivity contribution is -0.130. The molecule has 4 heteroatoms. The van der Waals surface area contributed by atoms with E-state index in [4.69, 9.17) is 10.5 Å². The Kier molecular flexibility index (Phi) is 8.20. The van der Waals surface area contributed by atoms with Crippen LogP contribution in [0.2, 0.25) is 0 Å². The summed E-state index contributed by atoms with van der Waals surface area (Å²) in [5, 5.41) is 0. The first-order chi connectivity index (χ1) is 8.32. The van der Waals surface area contributed by atoms with Crippen molar-refractivity contribution in [1.82, 2.24) is 4.90 Å². The lowest BCUT2D eigenvalue weighted by Crippen LogP contribution is -2.31. The van der Waals surface area contributed by atoms with Gasteiger partial charge in [-0.1, -0.05) is 20.8 Å². The van der Waals surface area contributed by atoms with Gasteiger partial charge >= 0.3 is 0 Å². The number of carbonyl (C=O) groups is 1. The maximum Gasteiger partial charge on any atom is 0.222 e. The smallest absolute Gasteiger partial charge is 0.222 e. The molecule has 1 amide bonds. The average molecular weight is 258 g/mol. The summed E-state index contributed by atoms with van der Waals surface area (Å²) in [5.41, 5.74) is 5.86. The molecule has 0 rings (SSSR count). The van der Waals surface area contributed by atoms with E-state index in [1.807, 2.05) is 7.05 Å². The number of likely N-dealkylation sites (N-methyl/N-ethyl adjacent to an activating group) is 1. The highest BCUT2D eigenvalue weighted by Crippen LogP contribution is 2.32. The number of carbonyl (C=O) groups excluding carboxylic acids is 1. The molecule has 0 saturated heterocycles. The Labute approximate surface area is 112 Å². The zero-order valence-corrected chi connectivity index (χ0v) is 12.7. The predicted molar refractivity (Wildman–Crippen MR) is 75.4 cm³/mol. The second-order valence-corrected chi connectivity index (χ2v) is 5.99. The Balaban J connectivity index is 4.14. The van der Waals surface area contributed by atoms with Crippen LogP contribution in [0.15, 0.2) is 0 Å². The SMILES string of the molecule is COCCN(C)C(=O)CCC(CCN)C(C)(C)C. The number of hydrogen-bond donors (Lipinski definition) is 1. The van der Waals surface area contributed by atoms with Crippen LogP contribution in [0, 0.1) is 11.3 Å². The van der Waals surface area contributed by atoms with Gasteiger partial charge in [0.15, 0.2) is 0 Å². The Morgan fingerprint density at radius 2 is 1.94 bits per heavy atom. The highest BCUT2D eigenvalue weighted by Gasteiger charge is 2.24. The largest absolute Gasteiger partial charge is 0.383 e. The number of nitrogens with zero attached hydrogens (tertiary/aromatic N) is 1. The van der Waals surface area contributed by atoms with E-state index >= 15 is 0 Å². The molecule has 0 aliphatic rings. The molecular weight excluding hydrogens is 228 g/mol. The van der Waals surface area contributed by atoms with E-state index in [0.29, 0.717) is 32.0 Å². The molecule has 0 aromatic heterocycles. The molecular formula is C14H30N2O2. The van der Waals surface area contributed by atoms with Crippen molar-refractivity contribution in [3.63, 3.8) is 0 Å². The number of rotatable bonds is 8. The second kappa shape index (κ2) is 8.48. The van der Waals surface area contributed by atoms with Crippen molar-refractivity contribution in [2.75, 3.05) is 33.9 Å². The van der Waals surface area contributed by atoms with Crippen molar-refractivity contribution in [2.45, 2.75) is 40.0 Å². The second-order valence-electron chi connectivity index (χ2n) is 5.99. The van der Waals surface area contributed by atoms with Gasteiger partial charge in [0.05, 0.1) is 6.61 Å². The third-order valence-corrected chi connectivity index (χ3v) is 3.50. The van der Waals surface area contributed by atoms with Gasteiger partial charge in [-0.25, -0.2) is 0 Å². The van der Waals surface area contributed by atoms with Crippen LogP contribution in [0.1, 0.15) is 40.0 Å². The third kappa shape index (κ3) is 6.97. The van der Waals surface area contributed by atoms with E-state index in [1.165, 1.54) is 0 Å². The molecule has 0 aliphatic carbocycles. The van der Waals surface area contributed by atoms with Crippen LogP contribution in [-0.2, 0) is 9.53 Å². The van der Waals surface area contributed by atoms with Gasteiger partial charge in [-0.15, -0.1) is 0 Å². The van der Waals surface area contributed by atoms with Crippen LogP contribution in [0.4, 0.5) is 0 Å². The highest BCUT2D eigenvalue weighted by molar-refractivity contribution is 5.75. The molecule has 2 N–H and O–H groups in total. The number of methoxy groups -OCH3 is 1. The van der Waals surface area contributed by atoms with Gasteiger partial charge in [0.2, 0.25) is 5.91 Å². The molecule has 0 saturated carbocycles. The van der Waals surface area contributed by atoms with Gasteiger partial charge in [-0.2, -0.15) is 0 Å². The highest BCUT2D eigenvalue weighted by atomic mass is 16.5. The summed E-state index contributed by atoms with van der Waals surface area (Å²) in [4.78, 5) is 13.7. The topological polar surface area (TPSA) is 55.6 Å². The van der Waals surface area contributed by atoms with E-state index in [-0.39, 0.29) is 11.3 Å². The fourth-order valence-electron chi connectivity index (χ4n) is 2.05. The first-order valence-electron chi connectivity index (χ1n) is 6.76. The summed E-state index contributed by atoms with van der Waals surface area (Å²) in [7, 11) is 3.48. The molecule has 1 unspecified atom stereocenters. The molecule has 0 aromatic rings. The standard InChI is InChI=1S/C14H30N2O2/c1-14(2,3)12(8-9-15)6-7-13(17)16(4)10-11-18-5/h12H,6-11,15H2,1-5H3. The summed E-state index contributed by atoms with van der Waals surface area (Å²) < 4.78 is 4.97. The zero-order valence-electron chi connectivity index (χ0n) is 12.7. The minimum absolute atomic E-state index is 0.193. The van der Waals surface area contributed by atoms with Gasteiger partial charge < -0.3 is 15.4 Å². The van der Waals surface area contributed by atoms with Crippen molar-refractivity contribution in [1.29, 1.82) is 0 Å². The fraction of sp³-hybridized carbons (Fsp3) is 0.929. The summed E-state index contributed by atoms with van der Waals surface area (Å²) in [6.45, 7) is 8.58. The van der Waals surface area contributed by atoms with Crippen LogP contribution in [0.3, 0.4) is 0 Å². The van der Waals surface area contributed by atoms with Crippen LogP contribution >= 0.6 is 0 Å². The maximum absolute atomic E-state index is 11.9. The van der Waals surface area contributed by atoms with Crippen LogP contribution in [0.25, 0.3) is 0 Å². The summed E-state index contributed by atoms with van der Waals surface area (Å²) in [6, 6.07) is 0. The number of amides is 1. The molecule has 4 nitrogen and oxygen atoms in total. The first-order valence-corrected chi connectivity index (χ1v) is 6.76. The summed E-state index contributed by atoms with van der Waals surface area (Å²) >= 11 is 0. The van der Waals surface area contributed by atoms with Crippen LogP contribution in [0.5, 0.6) is 0 Å². The quantitative estimate of drug-likeness (QED) is 0.723. The van der Waals surface area contributed by atoms with E-state index in [0.717, 1.165) is 12.8 Å². The van der Waals surface area contributed by atoms with E-state index in [1.54, 1.807) is 12.0 Å². The molecule has 108 valence electrons. The minimum Gasteiger partial charge on any atom is -0.383 e. The fourth-order valence-corrected chi connectivity index (χ4v) is 2.05. The van der Waals surface area contributed by atoms with Gasteiger partial charge in [0, 0.05) is 27.1 Å². The van der Waals surface area contributed by atoms with E-state index in [2.05, 4.69) is 20.8 Å². The molecule has 0 spiro atoms. The Hall–Kier alpha value is -0.610. The zero-order chi connectivity index (χ0) is 14.2. The Morgan fingerprint density at radius 1 is 1.33 bits per heavy atom. The predicted octanol–water partition coefficient (Wildman–Crippen LogP) is 1.88. The van der Waals surface area contributed by atoms with Crippen LogP contribution in [-0.4, -0.2) is 44.7 Å². The lowest BCUT2D eigenvalue weighted by Gasteiger charge is -2.31. The minimum atomic E-state index is 0.193. The Bertz CT molecular complexity index is 236. The molecule has 18 heavy (non-hydrogen) atoms. The summed E-state index contributed by atoms with van der Waals surface area (Å²) in [6.07, 6.45) is 2.50. The van der Waals surface area contributed by atoms with Crippen molar-refractivity contribution in [3.8, 4) is 0 Å². The number of ether oxygens (including phenoxy) is 1. The van der Waals surface area contributed by atoms with E-state index in [9.17, 15) is 4.79 Å². The van der Waals surface area contributed by atoms with Crippen molar-refractivity contribution >= 4 is 5.91 Å². The molecule has 0 aliphatic heterocycles. The first kappa shape index (κ1) is 17.4. The summed E-state index contributed by atoms with van der Waals surface area (Å²) in [5.74, 6) is 0.695. The van der Waals surface area contributed by atoms with E-state index < -0.39 is 0 Å². The van der Waals surface area contributed by atoms with Crippen molar-refractivity contribution in [3.05, 3.63) is 0 Å². The normalized spacial score (nSPS) is 13.4. The van der Waals surface area contributed by atoms with Gasteiger partial charge in [0.1, 0.15) is 0 Å². The number of hydrogen-bond acceptors (Lipinski definition) is 3. The molecule has 0 radical (unpaired) electrons. The monoisotopic (exact) mass is 258 g/mol. The molecule has 0 bridgehead atoms. The third-order valence-electron chi connectivity index (χ3n) is 3.50. The van der Waals surface area contributed by atoms with Gasteiger partial charge in [-0.05, 0) is 30.7 Å². The average Bonchev–Trinajstić information content (AvgIpc) is 2.29. The van der Waals surface area contributed by atoms with Gasteiger partial charge in [0.25, 0.3) is 0 Å². The molecule has 1 atom stereocenters. The Morgan fingerprint density at radius 3 is 2.39 bits per heavy atom. The molecule has 0 heterocycles. The molecule has 0 aromatic carbocycles. The van der Waals surface area contributed by atoms with Crippen molar-refractivity contribution in [2.24, 2.45) is 17.1 Å². The lowest BCUT2D eigenvalue weighted by atomic mass is 9.76. The van der Waals surface area contributed by atoms with Crippen LogP contribution < -0.4 is 5.73 Å². The van der Waals surface area contributed by atoms with Gasteiger partial charge in [-0.3, -0.25) is 4.79 Å². The molecule has 0 fully saturated rings. The number of nitrogens with two attached hydrogens (primary N) is 1.